The fraction of sp³-hybridized carbons (Fsp3) is 0.208. The molecule has 186 valence electrons. The molecule has 0 unspecified atom stereocenters. The molecule has 0 saturated heterocycles. The molecule has 2 aromatic carbocycles. The van der Waals surface area contributed by atoms with Gasteiger partial charge < -0.3 is 10.5 Å². The number of carbonyl (C=O) groups is 1. The van der Waals surface area contributed by atoms with Crippen LogP contribution in [0.1, 0.15) is 17.3 Å². The molecule has 0 amide bonds. The first-order valence-corrected chi connectivity index (χ1v) is 12.3. The number of nitrogens with zero attached hydrogens (tertiary/aromatic N) is 5. The van der Waals surface area contributed by atoms with Crippen LogP contribution < -0.4 is 21.7 Å². The molecule has 10 nitrogen and oxygen atoms in total. The molecule has 0 aliphatic heterocycles. The Bertz CT molecular complexity index is 1560. The van der Waals surface area contributed by atoms with E-state index < -0.39 is 17.0 Å². The van der Waals surface area contributed by atoms with Crippen LogP contribution >= 0.6 is 23.4 Å². The molecular formula is C24H23ClN6O4S. The van der Waals surface area contributed by atoms with Gasteiger partial charge >= 0.3 is 5.69 Å². The van der Waals surface area contributed by atoms with Crippen molar-refractivity contribution in [2.75, 3.05) is 18.1 Å². The number of rotatable bonds is 8. The molecule has 2 N–H and O–H groups in total. The quantitative estimate of drug-likeness (QED) is 0.274. The van der Waals surface area contributed by atoms with Crippen LogP contribution in [0.2, 0.25) is 5.02 Å². The first kappa shape index (κ1) is 25.3. The van der Waals surface area contributed by atoms with Crippen molar-refractivity contribution in [1.29, 1.82) is 0 Å². The number of halogens is 1. The summed E-state index contributed by atoms with van der Waals surface area (Å²) in [6, 6.07) is 14.6. The molecule has 2 aromatic heterocycles. The van der Waals surface area contributed by atoms with Gasteiger partial charge in [0.05, 0.1) is 17.4 Å². The molecule has 0 aliphatic rings. The Labute approximate surface area is 215 Å². The van der Waals surface area contributed by atoms with Gasteiger partial charge in [0.2, 0.25) is 0 Å². The third kappa shape index (κ3) is 4.67. The van der Waals surface area contributed by atoms with Crippen molar-refractivity contribution in [3.8, 4) is 22.8 Å². The highest BCUT2D eigenvalue weighted by molar-refractivity contribution is 7.99. The minimum atomic E-state index is -0.745. The Hall–Kier alpha value is -3.83. The fourth-order valence-electron chi connectivity index (χ4n) is 3.60. The molecular weight excluding hydrogens is 504 g/mol. The summed E-state index contributed by atoms with van der Waals surface area (Å²) < 4.78 is 9.24. The van der Waals surface area contributed by atoms with Gasteiger partial charge in [0.1, 0.15) is 17.1 Å². The molecule has 36 heavy (non-hydrogen) atoms. The Morgan fingerprint density at radius 3 is 2.42 bits per heavy atom. The lowest BCUT2D eigenvalue weighted by Gasteiger charge is -2.13. The zero-order chi connectivity index (χ0) is 26.0. The zero-order valence-corrected chi connectivity index (χ0v) is 21.3. The smallest absolute Gasteiger partial charge is 0.332 e. The average molecular weight is 527 g/mol. The van der Waals surface area contributed by atoms with Gasteiger partial charge in [-0.25, -0.2) is 4.79 Å². The molecule has 0 fully saturated rings. The number of nitrogens with two attached hydrogens (primary N) is 1. The van der Waals surface area contributed by atoms with E-state index in [1.165, 1.54) is 14.1 Å². The van der Waals surface area contributed by atoms with Crippen molar-refractivity contribution < 1.29 is 9.53 Å². The van der Waals surface area contributed by atoms with E-state index in [0.29, 0.717) is 33.9 Å². The van der Waals surface area contributed by atoms with Crippen molar-refractivity contribution in [3.05, 3.63) is 80.0 Å². The number of hydrogen-bond donors (Lipinski definition) is 1. The van der Waals surface area contributed by atoms with E-state index in [0.717, 1.165) is 26.6 Å². The first-order valence-electron chi connectivity index (χ1n) is 10.9. The molecule has 0 radical (unpaired) electrons. The van der Waals surface area contributed by atoms with Crippen molar-refractivity contribution in [2.24, 2.45) is 14.1 Å². The minimum Gasteiger partial charge on any atom is -0.494 e. The van der Waals surface area contributed by atoms with Crippen LogP contribution in [0.3, 0.4) is 0 Å². The summed E-state index contributed by atoms with van der Waals surface area (Å²) in [6.45, 7) is 2.44. The largest absolute Gasteiger partial charge is 0.494 e. The lowest BCUT2D eigenvalue weighted by Crippen LogP contribution is -2.41. The number of anilines is 1. The predicted molar refractivity (Wildman–Crippen MR) is 139 cm³/mol. The topological polar surface area (TPSA) is 127 Å². The van der Waals surface area contributed by atoms with Crippen LogP contribution in [0.5, 0.6) is 5.75 Å². The van der Waals surface area contributed by atoms with Gasteiger partial charge in [-0.3, -0.25) is 23.3 Å². The maximum Gasteiger partial charge on any atom is 0.332 e. The second kappa shape index (κ2) is 10.4. The highest BCUT2D eigenvalue weighted by Gasteiger charge is 2.23. The normalized spacial score (nSPS) is 11.0. The third-order valence-corrected chi connectivity index (χ3v) is 6.73. The molecule has 0 saturated carbocycles. The number of ether oxygens (including phenoxy) is 1. The minimum absolute atomic E-state index is 0.157. The molecule has 0 bridgehead atoms. The summed E-state index contributed by atoms with van der Waals surface area (Å²) in [5, 5.41) is 9.53. The van der Waals surface area contributed by atoms with Gasteiger partial charge in [-0.1, -0.05) is 35.5 Å². The Morgan fingerprint density at radius 1 is 1.06 bits per heavy atom. The highest BCUT2D eigenvalue weighted by atomic mass is 35.5. The summed E-state index contributed by atoms with van der Waals surface area (Å²) >= 11 is 7.53. The molecule has 4 rings (SSSR count). The average Bonchev–Trinajstić information content (AvgIpc) is 3.29. The van der Waals surface area contributed by atoms with Crippen LogP contribution in [0, 0.1) is 0 Å². The van der Waals surface area contributed by atoms with E-state index in [9.17, 15) is 14.4 Å². The number of carbonyl (C=O) groups excluding carboxylic acids is 1. The van der Waals surface area contributed by atoms with Gasteiger partial charge in [-0.2, -0.15) is 0 Å². The van der Waals surface area contributed by atoms with E-state index in [1.54, 1.807) is 10.6 Å². The molecule has 4 aromatic rings. The van der Waals surface area contributed by atoms with Crippen molar-refractivity contribution in [1.82, 2.24) is 23.9 Å². The SMILES string of the molecule is CCOc1ccc(-n2c(SCC(=O)c3c(N)n(C)c(=O)n(C)c3=O)nnc2-c2ccccc2Cl)cc1. The van der Waals surface area contributed by atoms with E-state index in [2.05, 4.69) is 10.2 Å². The van der Waals surface area contributed by atoms with Crippen LogP contribution in [0.4, 0.5) is 5.82 Å². The van der Waals surface area contributed by atoms with Gasteiger partial charge in [0.15, 0.2) is 16.8 Å². The lowest BCUT2D eigenvalue weighted by atomic mass is 10.2. The molecule has 0 atom stereocenters. The molecule has 0 aliphatic carbocycles. The summed E-state index contributed by atoms with van der Waals surface area (Å²) in [4.78, 5) is 37.7. The third-order valence-electron chi connectivity index (χ3n) is 5.48. The standard InChI is InChI=1S/C24H23ClN6O4S/c1-4-35-15-11-9-14(10-12-15)31-21(16-7-5-6-8-17(16)25)27-28-23(31)36-13-18(32)19-20(26)29(2)24(34)30(3)22(19)33/h5-12H,4,13,26H2,1-3H3. The number of nitrogen functional groups attached to an aromatic ring is 1. The van der Waals surface area contributed by atoms with E-state index >= 15 is 0 Å². The molecule has 12 heteroatoms. The summed E-state index contributed by atoms with van der Waals surface area (Å²) in [6.07, 6.45) is 0. The Kier molecular flexibility index (Phi) is 7.32. The lowest BCUT2D eigenvalue weighted by molar-refractivity contribution is 0.102. The van der Waals surface area contributed by atoms with Gasteiger partial charge in [-0.15, -0.1) is 10.2 Å². The number of aromatic nitrogens is 5. The monoisotopic (exact) mass is 526 g/mol. The summed E-state index contributed by atoms with van der Waals surface area (Å²) in [5.74, 6) is 0.318. The number of thioether (sulfide) groups is 1. The van der Waals surface area contributed by atoms with Crippen LogP contribution in [-0.4, -0.2) is 42.0 Å². The molecule has 0 spiro atoms. The second-order valence-electron chi connectivity index (χ2n) is 7.73. The second-order valence-corrected chi connectivity index (χ2v) is 9.08. The van der Waals surface area contributed by atoms with Crippen LogP contribution in [-0.2, 0) is 14.1 Å². The first-order chi connectivity index (χ1) is 17.2. The number of ketones is 1. The summed E-state index contributed by atoms with van der Waals surface area (Å²) in [5.41, 5.74) is 5.73. The van der Waals surface area contributed by atoms with E-state index in [4.69, 9.17) is 22.1 Å². The zero-order valence-electron chi connectivity index (χ0n) is 19.8. The molecule has 2 heterocycles. The number of benzene rings is 2. The van der Waals surface area contributed by atoms with Crippen molar-refractivity contribution in [3.63, 3.8) is 0 Å². The number of Topliss-reactive ketones (excluding diaryl/α,β-unsaturated/α-hetero) is 1. The maximum absolute atomic E-state index is 13.0. The van der Waals surface area contributed by atoms with Crippen LogP contribution in [0.25, 0.3) is 17.1 Å². The Balaban J connectivity index is 1.74. The predicted octanol–water partition coefficient (Wildman–Crippen LogP) is 2.94. The van der Waals surface area contributed by atoms with Gasteiger partial charge in [0, 0.05) is 25.3 Å². The highest BCUT2D eigenvalue weighted by Crippen LogP contribution is 2.32. The number of hydrogen-bond acceptors (Lipinski definition) is 8. The Morgan fingerprint density at radius 2 is 1.75 bits per heavy atom. The maximum atomic E-state index is 13.0. The van der Waals surface area contributed by atoms with Crippen LogP contribution in [0.15, 0.2) is 63.3 Å². The summed E-state index contributed by atoms with van der Waals surface area (Å²) in [7, 11) is 2.70. The van der Waals surface area contributed by atoms with Gasteiger partial charge in [0.25, 0.3) is 5.56 Å². The van der Waals surface area contributed by atoms with Crippen molar-refractivity contribution >= 4 is 35.0 Å². The van der Waals surface area contributed by atoms with E-state index in [-0.39, 0.29) is 17.1 Å². The fourth-order valence-corrected chi connectivity index (χ4v) is 4.64. The van der Waals surface area contributed by atoms with E-state index in [1.807, 2.05) is 49.4 Å². The van der Waals surface area contributed by atoms with Gasteiger partial charge in [-0.05, 0) is 43.3 Å². The van der Waals surface area contributed by atoms with Crippen molar-refractivity contribution in [2.45, 2.75) is 12.1 Å².